The predicted molar refractivity (Wildman–Crippen MR) is 99.5 cm³/mol. The Morgan fingerprint density at radius 2 is 2.00 bits per heavy atom. The zero-order valence-corrected chi connectivity index (χ0v) is 15.2. The van der Waals surface area contributed by atoms with Gasteiger partial charge in [0.1, 0.15) is 11.3 Å². The summed E-state index contributed by atoms with van der Waals surface area (Å²) in [5.41, 5.74) is 2.33. The predicted octanol–water partition coefficient (Wildman–Crippen LogP) is 4.05. The van der Waals surface area contributed by atoms with Crippen LogP contribution in [0.3, 0.4) is 0 Å². The molecular formula is C20H26N2O3. The van der Waals surface area contributed by atoms with Crippen molar-refractivity contribution in [2.45, 2.75) is 33.6 Å². The van der Waals surface area contributed by atoms with Crippen molar-refractivity contribution in [3.05, 3.63) is 30.0 Å². The molecule has 1 fully saturated rings. The van der Waals surface area contributed by atoms with E-state index in [4.69, 9.17) is 9.47 Å². The van der Waals surface area contributed by atoms with Crippen molar-refractivity contribution < 1.29 is 14.3 Å². The average Bonchev–Trinajstić information content (AvgIpc) is 2.62. The van der Waals surface area contributed by atoms with Gasteiger partial charge in [-0.3, -0.25) is 4.98 Å². The molecule has 1 aromatic heterocycles. The normalized spacial score (nSPS) is 15.4. The molecule has 1 aromatic carbocycles. The van der Waals surface area contributed by atoms with Crippen molar-refractivity contribution in [2.24, 2.45) is 5.92 Å². The number of aromatic nitrogens is 1. The number of hydrogen-bond donors (Lipinski definition) is 0. The number of carbonyl (C=O) groups is 1. The van der Waals surface area contributed by atoms with E-state index in [1.165, 1.54) is 0 Å². The summed E-state index contributed by atoms with van der Waals surface area (Å²) in [5.74, 6) is 1.20. The number of hydrogen-bond acceptors (Lipinski definition) is 5. The van der Waals surface area contributed by atoms with E-state index in [-0.39, 0.29) is 5.97 Å². The van der Waals surface area contributed by atoms with Gasteiger partial charge in [-0.05, 0) is 50.8 Å². The standard InChI is InChI=1S/C20H26N2O3/c1-4-24-15-6-7-18-16(12-15)19(22-10-8-14(3)9-11-22)17(13-21-18)20(23)25-5-2/h6-7,12-14H,4-5,8-11H2,1-3H3. The van der Waals surface area contributed by atoms with E-state index in [1.807, 2.05) is 32.0 Å². The van der Waals surface area contributed by atoms with Crippen LogP contribution in [0.25, 0.3) is 10.9 Å². The molecule has 5 nitrogen and oxygen atoms in total. The summed E-state index contributed by atoms with van der Waals surface area (Å²) >= 11 is 0. The number of ether oxygens (including phenoxy) is 2. The Hall–Kier alpha value is -2.30. The lowest BCUT2D eigenvalue weighted by Gasteiger charge is -2.33. The Morgan fingerprint density at radius 3 is 2.68 bits per heavy atom. The molecule has 0 radical (unpaired) electrons. The van der Waals surface area contributed by atoms with Gasteiger partial charge in [0.25, 0.3) is 0 Å². The molecule has 1 aliphatic heterocycles. The van der Waals surface area contributed by atoms with Gasteiger partial charge in [-0.2, -0.15) is 0 Å². The summed E-state index contributed by atoms with van der Waals surface area (Å²) in [6.45, 7) is 8.89. The van der Waals surface area contributed by atoms with Crippen molar-refractivity contribution in [3.8, 4) is 5.75 Å². The summed E-state index contributed by atoms with van der Waals surface area (Å²) in [4.78, 5) is 19.3. The number of rotatable bonds is 5. The molecule has 0 unspecified atom stereocenters. The van der Waals surface area contributed by atoms with Crippen LogP contribution in [0.1, 0.15) is 44.0 Å². The largest absolute Gasteiger partial charge is 0.494 e. The number of benzene rings is 1. The zero-order chi connectivity index (χ0) is 17.8. The fourth-order valence-electron chi connectivity index (χ4n) is 3.35. The number of pyridine rings is 1. The monoisotopic (exact) mass is 342 g/mol. The van der Waals surface area contributed by atoms with Crippen LogP contribution in [0.15, 0.2) is 24.4 Å². The Labute approximate surface area is 148 Å². The molecule has 0 N–H and O–H groups in total. The quantitative estimate of drug-likeness (QED) is 0.767. The lowest BCUT2D eigenvalue weighted by Crippen LogP contribution is -2.34. The number of anilines is 1. The number of nitrogens with zero attached hydrogens (tertiary/aromatic N) is 2. The van der Waals surface area contributed by atoms with E-state index in [0.717, 1.165) is 54.2 Å². The van der Waals surface area contributed by atoms with Gasteiger partial charge in [-0.1, -0.05) is 6.92 Å². The number of fused-ring (bicyclic) bond motifs is 1. The third-order valence-electron chi connectivity index (χ3n) is 4.72. The van der Waals surface area contributed by atoms with E-state index >= 15 is 0 Å². The summed E-state index contributed by atoms with van der Waals surface area (Å²) < 4.78 is 10.9. The summed E-state index contributed by atoms with van der Waals surface area (Å²) in [5, 5.41) is 0.950. The van der Waals surface area contributed by atoms with Crippen LogP contribution < -0.4 is 9.64 Å². The van der Waals surface area contributed by atoms with Crippen LogP contribution in [-0.2, 0) is 4.74 Å². The van der Waals surface area contributed by atoms with Crippen molar-refractivity contribution in [3.63, 3.8) is 0 Å². The van der Waals surface area contributed by atoms with Gasteiger partial charge in [0.15, 0.2) is 0 Å². The van der Waals surface area contributed by atoms with Crippen LogP contribution in [0.4, 0.5) is 5.69 Å². The van der Waals surface area contributed by atoms with Crippen LogP contribution in [0.5, 0.6) is 5.75 Å². The zero-order valence-electron chi connectivity index (χ0n) is 15.2. The fourth-order valence-corrected chi connectivity index (χ4v) is 3.35. The molecular weight excluding hydrogens is 316 g/mol. The maximum absolute atomic E-state index is 12.5. The van der Waals surface area contributed by atoms with E-state index in [2.05, 4.69) is 16.8 Å². The highest BCUT2D eigenvalue weighted by Gasteiger charge is 2.24. The molecule has 5 heteroatoms. The molecule has 134 valence electrons. The molecule has 0 bridgehead atoms. The minimum Gasteiger partial charge on any atom is -0.494 e. The Balaban J connectivity index is 2.13. The van der Waals surface area contributed by atoms with Gasteiger partial charge in [0.2, 0.25) is 0 Å². The minimum absolute atomic E-state index is 0.313. The Bertz CT molecular complexity index is 752. The summed E-state index contributed by atoms with van der Waals surface area (Å²) in [6, 6.07) is 5.86. The second-order valence-corrected chi connectivity index (χ2v) is 6.52. The molecule has 2 heterocycles. The molecule has 0 amide bonds. The number of esters is 1. The van der Waals surface area contributed by atoms with Crippen molar-refractivity contribution in [2.75, 3.05) is 31.2 Å². The smallest absolute Gasteiger partial charge is 0.341 e. The van der Waals surface area contributed by atoms with E-state index in [0.29, 0.717) is 18.8 Å². The molecule has 3 rings (SSSR count). The SMILES string of the molecule is CCOC(=O)c1cnc2ccc(OCC)cc2c1N1CCC(C)CC1. The minimum atomic E-state index is -0.313. The lowest BCUT2D eigenvalue weighted by atomic mass is 9.97. The first kappa shape index (κ1) is 17.5. The van der Waals surface area contributed by atoms with Gasteiger partial charge in [-0.25, -0.2) is 4.79 Å². The van der Waals surface area contributed by atoms with Gasteiger partial charge >= 0.3 is 5.97 Å². The average molecular weight is 342 g/mol. The molecule has 0 aliphatic carbocycles. The van der Waals surface area contributed by atoms with Crippen molar-refractivity contribution in [1.29, 1.82) is 0 Å². The Morgan fingerprint density at radius 1 is 1.24 bits per heavy atom. The second-order valence-electron chi connectivity index (χ2n) is 6.52. The van der Waals surface area contributed by atoms with E-state index in [9.17, 15) is 4.79 Å². The van der Waals surface area contributed by atoms with Crippen LogP contribution >= 0.6 is 0 Å². The first-order valence-electron chi connectivity index (χ1n) is 9.11. The first-order chi connectivity index (χ1) is 12.1. The van der Waals surface area contributed by atoms with Gasteiger partial charge in [0.05, 0.1) is 24.4 Å². The van der Waals surface area contributed by atoms with E-state index < -0.39 is 0 Å². The summed E-state index contributed by atoms with van der Waals surface area (Å²) in [6.07, 6.45) is 3.89. The fraction of sp³-hybridized carbons (Fsp3) is 0.500. The molecule has 1 saturated heterocycles. The summed E-state index contributed by atoms with van der Waals surface area (Å²) in [7, 11) is 0. The maximum atomic E-state index is 12.5. The highest BCUT2D eigenvalue weighted by atomic mass is 16.5. The third kappa shape index (κ3) is 3.70. The van der Waals surface area contributed by atoms with Gasteiger partial charge in [0, 0.05) is 24.7 Å². The van der Waals surface area contributed by atoms with Crippen LogP contribution in [0.2, 0.25) is 0 Å². The molecule has 0 spiro atoms. The highest BCUT2D eigenvalue weighted by Crippen LogP contribution is 2.35. The van der Waals surface area contributed by atoms with E-state index in [1.54, 1.807) is 6.20 Å². The number of carbonyl (C=O) groups excluding carboxylic acids is 1. The first-order valence-corrected chi connectivity index (χ1v) is 9.11. The molecule has 0 saturated carbocycles. The highest BCUT2D eigenvalue weighted by molar-refractivity contribution is 6.05. The second kappa shape index (κ2) is 7.72. The molecule has 0 atom stereocenters. The van der Waals surface area contributed by atoms with Crippen LogP contribution in [-0.4, -0.2) is 37.3 Å². The molecule has 2 aromatic rings. The third-order valence-corrected chi connectivity index (χ3v) is 4.72. The topological polar surface area (TPSA) is 51.7 Å². The van der Waals surface area contributed by atoms with Gasteiger partial charge in [-0.15, -0.1) is 0 Å². The molecule has 1 aliphatic rings. The van der Waals surface area contributed by atoms with Crippen molar-refractivity contribution >= 4 is 22.6 Å². The maximum Gasteiger partial charge on any atom is 0.341 e. The lowest BCUT2D eigenvalue weighted by molar-refractivity contribution is 0.0526. The molecule has 25 heavy (non-hydrogen) atoms. The van der Waals surface area contributed by atoms with Crippen LogP contribution in [0, 0.1) is 5.92 Å². The van der Waals surface area contributed by atoms with Gasteiger partial charge < -0.3 is 14.4 Å². The Kier molecular flexibility index (Phi) is 5.41. The number of piperidine rings is 1. The van der Waals surface area contributed by atoms with Crippen molar-refractivity contribution in [1.82, 2.24) is 4.98 Å².